The van der Waals surface area contributed by atoms with Gasteiger partial charge < -0.3 is 5.32 Å². The SMILES string of the molecule is CNC(c1cc(Cl)ccc1I)c1cc(Cl)sc1Cl. The van der Waals surface area contributed by atoms with Gasteiger partial charge in [0.25, 0.3) is 0 Å². The van der Waals surface area contributed by atoms with Crippen LogP contribution in [-0.4, -0.2) is 7.05 Å². The number of nitrogens with one attached hydrogen (secondary N) is 1. The van der Waals surface area contributed by atoms with E-state index in [0.29, 0.717) is 13.7 Å². The molecule has 0 radical (unpaired) electrons. The highest BCUT2D eigenvalue weighted by Gasteiger charge is 2.20. The second kappa shape index (κ2) is 6.29. The van der Waals surface area contributed by atoms with Crippen molar-refractivity contribution in [3.8, 4) is 0 Å². The minimum Gasteiger partial charge on any atom is -0.309 e. The third-order valence-corrected chi connectivity index (χ3v) is 5.29. The smallest absolute Gasteiger partial charge is 0.0995 e. The second-order valence-electron chi connectivity index (χ2n) is 3.67. The molecular weight excluding hydrogens is 423 g/mol. The summed E-state index contributed by atoms with van der Waals surface area (Å²) in [6.45, 7) is 0. The zero-order chi connectivity index (χ0) is 13.3. The van der Waals surface area contributed by atoms with Crippen LogP contribution in [0.1, 0.15) is 17.2 Å². The van der Waals surface area contributed by atoms with Crippen molar-refractivity contribution in [1.82, 2.24) is 5.32 Å². The molecule has 1 unspecified atom stereocenters. The van der Waals surface area contributed by atoms with Crippen LogP contribution in [-0.2, 0) is 0 Å². The summed E-state index contributed by atoms with van der Waals surface area (Å²) in [6, 6.07) is 7.71. The third kappa shape index (κ3) is 3.14. The summed E-state index contributed by atoms with van der Waals surface area (Å²) in [6.07, 6.45) is 0. The molecule has 96 valence electrons. The van der Waals surface area contributed by atoms with Gasteiger partial charge in [-0.05, 0) is 59.5 Å². The van der Waals surface area contributed by atoms with Crippen molar-refractivity contribution in [1.29, 1.82) is 0 Å². The molecule has 6 heteroatoms. The van der Waals surface area contributed by atoms with Gasteiger partial charge in [-0.2, -0.15) is 0 Å². The van der Waals surface area contributed by atoms with Gasteiger partial charge in [-0.25, -0.2) is 0 Å². The molecule has 0 bridgehead atoms. The minimum atomic E-state index is -0.00755. The lowest BCUT2D eigenvalue weighted by Crippen LogP contribution is -2.18. The minimum absolute atomic E-state index is 0.00755. The van der Waals surface area contributed by atoms with Crippen LogP contribution in [0.5, 0.6) is 0 Å². The lowest BCUT2D eigenvalue weighted by atomic mass is 10.0. The Morgan fingerprint density at radius 3 is 2.44 bits per heavy atom. The molecule has 1 atom stereocenters. The van der Waals surface area contributed by atoms with E-state index in [1.165, 1.54) is 11.3 Å². The van der Waals surface area contributed by atoms with Gasteiger partial charge in [0.2, 0.25) is 0 Å². The van der Waals surface area contributed by atoms with E-state index in [-0.39, 0.29) is 6.04 Å². The van der Waals surface area contributed by atoms with Crippen LogP contribution in [0.25, 0.3) is 0 Å². The molecule has 0 amide bonds. The number of rotatable bonds is 3. The molecule has 1 aromatic carbocycles. The molecule has 0 saturated carbocycles. The lowest BCUT2D eigenvalue weighted by molar-refractivity contribution is 0.691. The van der Waals surface area contributed by atoms with Crippen LogP contribution in [0.15, 0.2) is 24.3 Å². The Bertz CT molecular complexity index is 570. The molecule has 0 aliphatic rings. The van der Waals surface area contributed by atoms with Gasteiger partial charge in [0, 0.05) is 14.2 Å². The molecule has 18 heavy (non-hydrogen) atoms. The van der Waals surface area contributed by atoms with Crippen molar-refractivity contribution in [3.63, 3.8) is 0 Å². The van der Waals surface area contributed by atoms with Crippen molar-refractivity contribution in [2.75, 3.05) is 7.05 Å². The summed E-state index contributed by atoms with van der Waals surface area (Å²) >= 11 is 21.9. The highest BCUT2D eigenvalue weighted by molar-refractivity contribution is 14.1. The molecule has 1 N–H and O–H groups in total. The first-order valence-corrected chi connectivity index (χ1v) is 8.12. The van der Waals surface area contributed by atoms with Crippen LogP contribution in [0, 0.1) is 3.57 Å². The number of thiophene rings is 1. The Morgan fingerprint density at radius 1 is 1.17 bits per heavy atom. The molecule has 1 aromatic heterocycles. The van der Waals surface area contributed by atoms with Gasteiger partial charge in [-0.3, -0.25) is 0 Å². The maximum Gasteiger partial charge on any atom is 0.0995 e. The van der Waals surface area contributed by atoms with Crippen LogP contribution < -0.4 is 5.32 Å². The predicted molar refractivity (Wildman–Crippen MR) is 89.4 cm³/mol. The molecule has 0 aliphatic carbocycles. The Kier molecular flexibility index (Phi) is 5.20. The summed E-state index contributed by atoms with van der Waals surface area (Å²) in [7, 11) is 1.89. The summed E-state index contributed by atoms with van der Waals surface area (Å²) in [5.74, 6) is 0. The first-order valence-electron chi connectivity index (χ1n) is 5.10. The average Bonchev–Trinajstić information content (AvgIpc) is 2.64. The Labute approximate surface area is 139 Å². The molecule has 0 saturated heterocycles. The Balaban J connectivity index is 2.51. The van der Waals surface area contributed by atoms with Gasteiger partial charge in [0.05, 0.1) is 14.7 Å². The molecular formula is C12H9Cl3INS. The zero-order valence-electron chi connectivity index (χ0n) is 9.31. The van der Waals surface area contributed by atoms with E-state index in [0.717, 1.165) is 14.7 Å². The van der Waals surface area contributed by atoms with Crippen LogP contribution >= 0.6 is 68.7 Å². The third-order valence-electron chi connectivity index (χ3n) is 2.55. The van der Waals surface area contributed by atoms with E-state index in [1.54, 1.807) is 0 Å². The van der Waals surface area contributed by atoms with Crippen molar-refractivity contribution in [2.45, 2.75) is 6.04 Å². The zero-order valence-corrected chi connectivity index (χ0v) is 14.5. The molecule has 2 aromatic rings. The van der Waals surface area contributed by atoms with Crippen molar-refractivity contribution in [3.05, 3.63) is 52.7 Å². The predicted octanol–water partition coefficient (Wildman–Crippen LogP) is 5.62. The fraction of sp³-hybridized carbons (Fsp3) is 0.167. The monoisotopic (exact) mass is 431 g/mol. The van der Waals surface area contributed by atoms with Crippen molar-refractivity contribution < 1.29 is 0 Å². The van der Waals surface area contributed by atoms with E-state index in [9.17, 15) is 0 Å². The van der Waals surface area contributed by atoms with E-state index < -0.39 is 0 Å². The van der Waals surface area contributed by atoms with Gasteiger partial charge >= 0.3 is 0 Å². The summed E-state index contributed by atoms with van der Waals surface area (Å²) in [5.41, 5.74) is 2.08. The van der Waals surface area contributed by atoms with E-state index >= 15 is 0 Å². The summed E-state index contributed by atoms with van der Waals surface area (Å²) < 4.78 is 2.53. The van der Waals surface area contributed by atoms with Crippen molar-refractivity contribution >= 4 is 68.7 Å². The quantitative estimate of drug-likeness (QED) is 0.621. The number of halogens is 4. The lowest BCUT2D eigenvalue weighted by Gasteiger charge is -2.18. The van der Waals surface area contributed by atoms with Crippen LogP contribution in [0.2, 0.25) is 13.7 Å². The van der Waals surface area contributed by atoms with Crippen molar-refractivity contribution in [2.24, 2.45) is 0 Å². The topological polar surface area (TPSA) is 12.0 Å². The van der Waals surface area contributed by atoms with Gasteiger partial charge in [0.15, 0.2) is 0 Å². The Morgan fingerprint density at radius 2 is 1.89 bits per heavy atom. The normalized spacial score (nSPS) is 12.7. The first kappa shape index (κ1) is 14.9. The number of benzene rings is 1. The Hall–Kier alpha value is 0.480. The van der Waals surface area contributed by atoms with E-state index in [1.807, 2.05) is 31.3 Å². The van der Waals surface area contributed by atoms with E-state index in [4.69, 9.17) is 34.8 Å². The van der Waals surface area contributed by atoms with Gasteiger partial charge in [0.1, 0.15) is 0 Å². The first-order chi connectivity index (χ1) is 8.52. The maximum atomic E-state index is 6.22. The average molecular weight is 433 g/mol. The van der Waals surface area contributed by atoms with Crippen LogP contribution in [0.4, 0.5) is 0 Å². The molecule has 1 heterocycles. The largest absolute Gasteiger partial charge is 0.309 e. The summed E-state index contributed by atoms with van der Waals surface area (Å²) in [5, 5.41) is 3.97. The molecule has 0 fully saturated rings. The van der Waals surface area contributed by atoms with Gasteiger partial charge in [-0.15, -0.1) is 11.3 Å². The fourth-order valence-corrected chi connectivity index (χ4v) is 4.12. The van der Waals surface area contributed by atoms with Crippen LogP contribution in [0.3, 0.4) is 0 Å². The molecule has 0 aliphatic heterocycles. The second-order valence-corrected chi connectivity index (χ2v) is 7.55. The van der Waals surface area contributed by atoms with Gasteiger partial charge in [-0.1, -0.05) is 34.8 Å². The maximum absolute atomic E-state index is 6.22. The highest BCUT2D eigenvalue weighted by atomic mass is 127. The molecule has 0 spiro atoms. The molecule has 1 nitrogen and oxygen atoms in total. The standard InChI is InChI=1S/C12H9Cl3INS/c1-17-11(8-5-10(14)18-12(8)15)7-4-6(13)2-3-9(7)16/h2-5,11,17H,1H3. The fourth-order valence-electron chi connectivity index (χ4n) is 1.76. The van der Waals surface area contributed by atoms with E-state index in [2.05, 4.69) is 27.9 Å². The number of hydrogen-bond acceptors (Lipinski definition) is 2. The summed E-state index contributed by atoms with van der Waals surface area (Å²) in [4.78, 5) is 0. The molecule has 2 rings (SSSR count). The number of hydrogen-bond donors (Lipinski definition) is 1. The highest BCUT2D eigenvalue weighted by Crippen LogP contribution is 2.38.